The minimum Gasteiger partial charge on any atom is -0.438 e. The highest BCUT2D eigenvalue weighted by molar-refractivity contribution is 5.77. The Morgan fingerprint density at radius 1 is 1.38 bits per heavy atom. The van der Waals surface area contributed by atoms with Crippen molar-refractivity contribution in [2.75, 3.05) is 5.73 Å². The predicted molar refractivity (Wildman–Crippen MR) is 61.5 cm³/mol. The molecule has 3 nitrogen and oxygen atoms in total. The number of halogens is 1. The van der Waals surface area contributed by atoms with Crippen molar-refractivity contribution in [2.24, 2.45) is 5.41 Å². The third-order valence-electron chi connectivity index (χ3n) is 2.19. The van der Waals surface area contributed by atoms with Crippen LogP contribution in [0.1, 0.15) is 26.7 Å². The molecule has 0 aliphatic carbocycles. The molecule has 0 saturated carbocycles. The van der Waals surface area contributed by atoms with E-state index in [2.05, 4.69) is 25.8 Å². The lowest BCUT2D eigenvalue weighted by molar-refractivity contribution is 0.359. The van der Waals surface area contributed by atoms with Crippen LogP contribution in [0.4, 0.5) is 10.1 Å². The highest BCUT2D eigenvalue weighted by atomic mass is 19.1. The number of nitrogen functional groups attached to an aromatic ring is 1. The van der Waals surface area contributed by atoms with Crippen LogP contribution in [0.5, 0.6) is 0 Å². The largest absolute Gasteiger partial charge is 0.438 e. The summed E-state index contributed by atoms with van der Waals surface area (Å²) in [7, 11) is 0. The van der Waals surface area contributed by atoms with Crippen LogP contribution in [0.15, 0.2) is 16.5 Å². The molecule has 16 heavy (non-hydrogen) atoms. The number of oxazole rings is 1. The molecule has 2 aromatic rings. The van der Waals surface area contributed by atoms with Gasteiger partial charge >= 0.3 is 0 Å². The highest BCUT2D eigenvalue weighted by Gasteiger charge is 2.17. The molecule has 0 fully saturated rings. The van der Waals surface area contributed by atoms with Crippen molar-refractivity contribution < 1.29 is 8.81 Å². The Bertz CT molecular complexity index is 526. The van der Waals surface area contributed by atoms with E-state index in [1.165, 1.54) is 6.07 Å². The SMILES string of the molecule is CC(C)(C)Cc1nc2cc(N)cc(F)c2o1. The molecule has 0 aliphatic rings. The summed E-state index contributed by atoms with van der Waals surface area (Å²) < 4.78 is 18.9. The second-order valence-electron chi connectivity index (χ2n) is 5.20. The molecule has 2 rings (SSSR count). The number of rotatable bonds is 1. The summed E-state index contributed by atoms with van der Waals surface area (Å²) in [5.41, 5.74) is 6.63. The molecule has 0 unspecified atom stereocenters. The molecule has 2 N–H and O–H groups in total. The first kappa shape index (κ1) is 10.9. The molecular weight excluding hydrogens is 207 g/mol. The van der Waals surface area contributed by atoms with Crippen molar-refractivity contribution in [1.82, 2.24) is 4.98 Å². The van der Waals surface area contributed by atoms with E-state index in [9.17, 15) is 4.39 Å². The van der Waals surface area contributed by atoms with Gasteiger partial charge in [-0.1, -0.05) is 20.8 Å². The summed E-state index contributed by atoms with van der Waals surface area (Å²) in [6, 6.07) is 2.86. The Balaban J connectivity index is 2.48. The fraction of sp³-hybridized carbons (Fsp3) is 0.417. The van der Waals surface area contributed by atoms with Crippen molar-refractivity contribution in [3.8, 4) is 0 Å². The van der Waals surface area contributed by atoms with E-state index >= 15 is 0 Å². The predicted octanol–water partition coefficient (Wildman–Crippen LogP) is 3.14. The van der Waals surface area contributed by atoms with E-state index in [0.717, 1.165) is 0 Å². The van der Waals surface area contributed by atoms with E-state index in [4.69, 9.17) is 10.2 Å². The zero-order valence-electron chi connectivity index (χ0n) is 9.67. The van der Waals surface area contributed by atoms with Gasteiger partial charge in [0.15, 0.2) is 17.3 Å². The maximum absolute atomic E-state index is 13.5. The summed E-state index contributed by atoms with van der Waals surface area (Å²) in [6.45, 7) is 6.23. The van der Waals surface area contributed by atoms with E-state index in [1.807, 2.05) is 0 Å². The van der Waals surface area contributed by atoms with Gasteiger partial charge in [-0.15, -0.1) is 0 Å². The van der Waals surface area contributed by atoms with E-state index in [0.29, 0.717) is 23.5 Å². The minimum absolute atomic E-state index is 0.0584. The Kier molecular flexibility index (Phi) is 2.37. The standard InChI is InChI=1S/C12H15FN2O/c1-12(2,3)6-10-15-9-5-7(14)4-8(13)11(9)16-10/h4-5H,6,14H2,1-3H3. The van der Waals surface area contributed by atoms with Crippen molar-refractivity contribution in [1.29, 1.82) is 0 Å². The van der Waals surface area contributed by atoms with Gasteiger partial charge in [-0.2, -0.15) is 0 Å². The minimum atomic E-state index is -0.456. The first-order valence-electron chi connectivity index (χ1n) is 5.19. The average molecular weight is 222 g/mol. The van der Waals surface area contributed by atoms with Crippen molar-refractivity contribution in [2.45, 2.75) is 27.2 Å². The zero-order chi connectivity index (χ0) is 11.9. The van der Waals surface area contributed by atoms with Gasteiger partial charge in [0.05, 0.1) is 0 Å². The molecule has 4 heteroatoms. The van der Waals surface area contributed by atoms with Gasteiger partial charge in [-0.3, -0.25) is 0 Å². The zero-order valence-corrected chi connectivity index (χ0v) is 9.67. The smallest absolute Gasteiger partial charge is 0.196 e. The maximum atomic E-state index is 13.5. The molecule has 1 aromatic carbocycles. The van der Waals surface area contributed by atoms with Gasteiger partial charge in [0.1, 0.15) is 5.52 Å². The third-order valence-corrected chi connectivity index (χ3v) is 2.19. The van der Waals surface area contributed by atoms with Gasteiger partial charge in [-0.25, -0.2) is 9.37 Å². The molecule has 0 amide bonds. The van der Waals surface area contributed by atoms with Crippen LogP contribution in [-0.4, -0.2) is 4.98 Å². The Morgan fingerprint density at radius 3 is 2.69 bits per heavy atom. The number of benzene rings is 1. The average Bonchev–Trinajstić information content (AvgIpc) is 2.43. The number of aromatic nitrogens is 1. The number of anilines is 1. The number of nitrogens with two attached hydrogens (primary N) is 1. The fourth-order valence-corrected chi connectivity index (χ4v) is 1.59. The first-order valence-corrected chi connectivity index (χ1v) is 5.19. The van der Waals surface area contributed by atoms with Crippen LogP contribution in [-0.2, 0) is 6.42 Å². The van der Waals surface area contributed by atoms with E-state index in [1.54, 1.807) is 6.07 Å². The molecular formula is C12H15FN2O. The molecule has 0 spiro atoms. The number of hydrogen-bond acceptors (Lipinski definition) is 3. The molecule has 0 bridgehead atoms. The molecule has 0 saturated heterocycles. The monoisotopic (exact) mass is 222 g/mol. The van der Waals surface area contributed by atoms with Gasteiger partial charge in [0.25, 0.3) is 0 Å². The Hall–Kier alpha value is -1.58. The van der Waals surface area contributed by atoms with E-state index < -0.39 is 5.82 Å². The number of hydrogen-bond donors (Lipinski definition) is 1. The Labute approximate surface area is 93.5 Å². The number of fused-ring (bicyclic) bond motifs is 1. The normalized spacial score (nSPS) is 12.2. The van der Waals surface area contributed by atoms with Crippen LogP contribution in [0, 0.1) is 11.2 Å². The lowest BCUT2D eigenvalue weighted by atomic mass is 9.92. The maximum Gasteiger partial charge on any atom is 0.196 e. The first-order chi connectivity index (χ1) is 7.35. The third kappa shape index (κ3) is 2.15. The molecule has 86 valence electrons. The van der Waals surface area contributed by atoms with Crippen molar-refractivity contribution in [3.63, 3.8) is 0 Å². The summed E-state index contributed by atoms with van der Waals surface area (Å²) in [5.74, 6) is 0.0923. The summed E-state index contributed by atoms with van der Waals surface area (Å²) in [6.07, 6.45) is 0.668. The molecule has 0 aliphatic heterocycles. The van der Waals surface area contributed by atoms with Gasteiger partial charge in [-0.05, 0) is 11.5 Å². The Morgan fingerprint density at radius 2 is 2.06 bits per heavy atom. The van der Waals surface area contributed by atoms with Gasteiger partial charge in [0, 0.05) is 18.2 Å². The molecule has 0 atom stereocenters. The molecule has 0 radical (unpaired) electrons. The van der Waals surface area contributed by atoms with Crippen molar-refractivity contribution in [3.05, 3.63) is 23.8 Å². The quantitative estimate of drug-likeness (QED) is 0.754. The van der Waals surface area contributed by atoms with Crippen molar-refractivity contribution >= 4 is 16.8 Å². The van der Waals surface area contributed by atoms with Crippen LogP contribution >= 0.6 is 0 Å². The molecule has 1 aromatic heterocycles. The van der Waals surface area contributed by atoms with Gasteiger partial charge in [0.2, 0.25) is 0 Å². The van der Waals surface area contributed by atoms with Gasteiger partial charge < -0.3 is 10.2 Å². The summed E-state index contributed by atoms with van der Waals surface area (Å²) >= 11 is 0. The summed E-state index contributed by atoms with van der Waals surface area (Å²) in [5, 5.41) is 0. The molecule has 1 heterocycles. The second kappa shape index (κ2) is 3.47. The highest BCUT2D eigenvalue weighted by Crippen LogP contribution is 2.26. The van der Waals surface area contributed by atoms with E-state index in [-0.39, 0.29) is 11.0 Å². The fourth-order valence-electron chi connectivity index (χ4n) is 1.59. The van der Waals surface area contributed by atoms with Crippen LogP contribution in [0.2, 0.25) is 0 Å². The number of nitrogens with zero attached hydrogens (tertiary/aromatic N) is 1. The van der Waals surface area contributed by atoms with Crippen LogP contribution < -0.4 is 5.73 Å². The second-order valence-corrected chi connectivity index (χ2v) is 5.20. The van der Waals surface area contributed by atoms with Crippen LogP contribution in [0.25, 0.3) is 11.1 Å². The topological polar surface area (TPSA) is 52.0 Å². The summed E-state index contributed by atoms with van der Waals surface area (Å²) in [4.78, 5) is 4.23. The lowest BCUT2D eigenvalue weighted by Crippen LogP contribution is -2.09. The lowest BCUT2D eigenvalue weighted by Gasteiger charge is -2.14. The van der Waals surface area contributed by atoms with Crippen LogP contribution in [0.3, 0.4) is 0 Å².